The van der Waals surface area contributed by atoms with E-state index in [9.17, 15) is 4.57 Å². The fraction of sp³-hybridized carbons (Fsp3) is 1.00. The fourth-order valence-corrected chi connectivity index (χ4v) is 1.84. The van der Waals surface area contributed by atoms with Crippen molar-refractivity contribution in [2.45, 2.75) is 44.6 Å². The molecule has 0 bridgehead atoms. The Bertz CT molecular complexity index is 124. The molecule has 0 spiro atoms. The first-order valence-corrected chi connectivity index (χ1v) is 4.51. The van der Waals surface area contributed by atoms with Crippen molar-refractivity contribution in [1.82, 2.24) is 0 Å². The van der Waals surface area contributed by atoms with Crippen molar-refractivity contribution in [3.05, 3.63) is 0 Å². The summed E-state index contributed by atoms with van der Waals surface area (Å²) in [6.07, 6.45) is 5.84. The van der Waals surface area contributed by atoms with Gasteiger partial charge in [0.1, 0.15) is 0 Å². The molecule has 0 aliphatic heterocycles. The van der Waals surface area contributed by atoms with Crippen molar-refractivity contribution >= 4 is 8.69 Å². The van der Waals surface area contributed by atoms with Crippen molar-refractivity contribution in [1.29, 1.82) is 0 Å². The topological polar surface area (TPSA) is 26.3 Å². The maximum absolute atomic E-state index is 10.2. The van der Waals surface area contributed by atoms with Crippen molar-refractivity contribution in [2.24, 2.45) is 0 Å². The predicted octanol–water partition coefficient (Wildman–Crippen LogP) is 2.93. The predicted molar refractivity (Wildman–Crippen MR) is 40.2 cm³/mol. The van der Waals surface area contributed by atoms with Crippen LogP contribution in [0.4, 0.5) is 0 Å². The molecule has 4 heteroatoms. The third-order valence-corrected chi connectivity index (χ3v) is 2.68. The third-order valence-electron chi connectivity index (χ3n) is 2.17. The summed E-state index contributed by atoms with van der Waals surface area (Å²) < 4.78 is 15.2. The van der Waals surface area contributed by atoms with Gasteiger partial charge in [0.2, 0.25) is 0 Å². The Morgan fingerprint density at radius 2 is 1.82 bits per heavy atom. The van der Waals surface area contributed by atoms with Gasteiger partial charge in [-0.05, 0) is 19.8 Å². The van der Waals surface area contributed by atoms with Crippen LogP contribution in [0.2, 0.25) is 0 Å². The van der Waals surface area contributed by atoms with E-state index in [1.807, 2.05) is 6.92 Å². The molecule has 1 aliphatic carbocycles. The van der Waals surface area contributed by atoms with E-state index in [4.69, 9.17) is 4.52 Å². The molecular formula is C7H13O2PZn. The monoisotopic (exact) mass is 224 g/mol. The molecule has 0 N–H and O–H groups in total. The second-order valence-corrected chi connectivity index (χ2v) is 3.51. The van der Waals surface area contributed by atoms with Crippen LogP contribution >= 0.6 is 8.69 Å². The first-order valence-electron chi connectivity index (χ1n) is 3.78. The quantitative estimate of drug-likeness (QED) is 0.534. The van der Waals surface area contributed by atoms with Gasteiger partial charge < -0.3 is 0 Å². The Hall–Kier alpha value is 0.683. The van der Waals surface area contributed by atoms with Gasteiger partial charge in [-0.15, -0.1) is 0 Å². The number of rotatable bonds is 2. The maximum Gasteiger partial charge on any atom is 0.327 e. The first-order chi connectivity index (χ1) is 4.77. The van der Waals surface area contributed by atoms with Gasteiger partial charge in [0.05, 0.1) is 5.60 Å². The molecule has 1 rings (SSSR count). The molecule has 1 saturated carbocycles. The third kappa shape index (κ3) is 3.74. The SMILES string of the molecule is CC1(OP=O)CCCCC1.[Zn]. The van der Waals surface area contributed by atoms with Crippen LogP contribution in [0, 0.1) is 0 Å². The van der Waals surface area contributed by atoms with E-state index in [1.165, 1.54) is 19.3 Å². The molecular weight excluding hydrogens is 212 g/mol. The van der Waals surface area contributed by atoms with Crippen LogP contribution in [0.15, 0.2) is 0 Å². The van der Waals surface area contributed by atoms with Crippen LogP contribution in [0.3, 0.4) is 0 Å². The van der Waals surface area contributed by atoms with E-state index < -0.39 is 0 Å². The Kier molecular flexibility index (Phi) is 5.68. The number of hydrogen-bond donors (Lipinski definition) is 0. The second kappa shape index (κ2) is 5.35. The molecule has 0 aromatic rings. The van der Waals surface area contributed by atoms with E-state index in [-0.39, 0.29) is 33.8 Å². The molecule has 0 unspecified atom stereocenters. The summed E-state index contributed by atoms with van der Waals surface area (Å²) in [5.41, 5.74) is -0.0957. The molecule has 60 valence electrons. The Morgan fingerprint density at radius 3 is 2.27 bits per heavy atom. The van der Waals surface area contributed by atoms with Crippen molar-refractivity contribution in [3.8, 4) is 0 Å². The molecule has 1 fully saturated rings. The Morgan fingerprint density at radius 1 is 1.27 bits per heavy atom. The molecule has 11 heavy (non-hydrogen) atoms. The molecule has 0 amide bonds. The molecule has 0 radical (unpaired) electrons. The minimum absolute atomic E-state index is 0. The summed E-state index contributed by atoms with van der Waals surface area (Å²) in [5, 5.41) is 0. The zero-order chi connectivity index (χ0) is 7.45. The standard InChI is InChI=1S/C7H13O2P.Zn/c1-7(9-10-8)5-3-2-4-6-7;/h2-6H2,1H3;. The van der Waals surface area contributed by atoms with Gasteiger partial charge in [-0.1, -0.05) is 19.3 Å². The number of hydrogen-bond acceptors (Lipinski definition) is 2. The summed E-state index contributed by atoms with van der Waals surface area (Å²) in [6, 6.07) is 0. The molecule has 1 aliphatic rings. The van der Waals surface area contributed by atoms with E-state index in [0.717, 1.165) is 12.8 Å². The van der Waals surface area contributed by atoms with Gasteiger partial charge in [0.25, 0.3) is 0 Å². The molecule has 0 aromatic carbocycles. The van der Waals surface area contributed by atoms with Crippen LogP contribution in [-0.2, 0) is 28.6 Å². The van der Waals surface area contributed by atoms with Crippen molar-refractivity contribution in [3.63, 3.8) is 0 Å². The summed E-state index contributed by atoms with van der Waals surface area (Å²) in [5.74, 6) is 0. The van der Waals surface area contributed by atoms with Crippen LogP contribution < -0.4 is 0 Å². The summed E-state index contributed by atoms with van der Waals surface area (Å²) in [7, 11) is -0.167. The van der Waals surface area contributed by atoms with Gasteiger partial charge in [-0.3, -0.25) is 4.52 Å². The Labute approximate surface area is 82.1 Å². The van der Waals surface area contributed by atoms with Crippen molar-refractivity contribution < 1.29 is 28.6 Å². The second-order valence-electron chi connectivity index (χ2n) is 3.18. The molecule has 0 atom stereocenters. The summed E-state index contributed by atoms with van der Waals surface area (Å²) >= 11 is 0. The van der Waals surface area contributed by atoms with E-state index in [2.05, 4.69) is 0 Å². The zero-order valence-electron chi connectivity index (χ0n) is 7.01. The maximum atomic E-state index is 10.2. The largest absolute Gasteiger partial charge is 0.327 e. The minimum Gasteiger partial charge on any atom is -0.288 e. The van der Waals surface area contributed by atoms with Crippen LogP contribution in [0.1, 0.15) is 39.0 Å². The van der Waals surface area contributed by atoms with E-state index in [0.29, 0.717) is 0 Å². The van der Waals surface area contributed by atoms with E-state index >= 15 is 0 Å². The average molecular weight is 226 g/mol. The van der Waals surface area contributed by atoms with Crippen LogP contribution in [-0.4, -0.2) is 5.60 Å². The molecule has 0 saturated heterocycles. The molecule has 0 heterocycles. The molecule has 0 aromatic heterocycles. The molecule has 2 nitrogen and oxygen atoms in total. The van der Waals surface area contributed by atoms with Gasteiger partial charge >= 0.3 is 8.69 Å². The first kappa shape index (κ1) is 11.7. The summed E-state index contributed by atoms with van der Waals surface area (Å²) in [4.78, 5) is 0. The smallest absolute Gasteiger partial charge is 0.288 e. The van der Waals surface area contributed by atoms with Gasteiger partial charge in [0.15, 0.2) is 0 Å². The average Bonchev–Trinajstić information content (AvgIpc) is 1.89. The van der Waals surface area contributed by atoms with Gasteiger partial charge in [-0.2, -0.15) is 0 Å². The zero-order valence-corrected chi connectivity index (χ0v) is 10.9. The Balaban J connectivity index is 0.000001000. The normalized spacial score (nSPS) is 22.6. The van der Waals surface area contributed by atoms with Crippen molar-refractivity contribution in [2.75, 3.05) is 0 Å². The van der Waals surface area contributed by atoms with E-state index in [1.54, 1.807) is 0 Å². The van der Waals surface area contributed by atoms with Crippen LogP contribution in [0.5, 0.6) is 0 Å². The summed E-state index contributed by atoms with van der Waals surface area (Å²) in [6.45, 7) is 2.04. The van der Waals surface area contributed by atoms with Gasteiger partial charge in [-0.25, -0.2) is 4.57 Å². The van der Waals surface area contributed by atoms with Crippen LogP contribution in [0.25, 0.3) is 0 Å². The van der Waals surface area contributed by atoms with Gasteiger partial charge in [0, 0.05) is 19.5 Å². The minimum atomic E-state index is -0.167. The fourth-order valence-electron chi connectivity index (χ4n) is 1.48.